The van der Waals surface area contributed by atoms with Gasteiger partial charge in [0, 0.05) is 8.80 Å². The molecule has 4 saturated carbocycles. The Balaban J connectivity index is 0.000000805. The molecule has 0 aliphatic heterocycles. The van der Waals surface area contributed by atoms with Gasteiger partial charge < -0.3 is 14.9 Å². The molecule has 39 heavy (non-hydrogen) atoms. The van der Waals surface area contributed by atoms with Crippen LogP contribution in [0.25, 0.3) is 0 Å². The van der Waals surface area contributed by atoms with Crippen molar-refractivity contribution in [1.29, 1.82) is 0 Å². The predicted molar refractivity (Wildman–Crippen MR) is 173 cm³/mol. The SMILES string of the molecule is CC1CC2C(c3ccccc3)CCCC2C1[SiH](C)C1C(C)CC2C(c3ccccc3)CCCC21.[CH3-].[CH3-].[Cl][Zr+2][Cl]. The zero-order valence-electron chi connectivity index (χ0n) is 25.0. The quantitative estimate of drug-likeness (QED) is 0.226. The second-order valence-electron chi connectivity index (χ2n) is 13.1. The van der Waals surface area contributed by atoms with Crippen LogP contribution < -0.4 is 0 Å². The maximum atomic E-state index is 4.93. The van der Waals surface area contributed by atoms with Crippen LogP contribution in [0.3, 0.4) is 0 Å². The zero-order valence-corrected chi connectivity index (χ0v) is 30.2. The molecule has 0 bridgehead atoms. The molecule has 0 amide bonds. The summed E-state index contributed by atoms with van der Waals surface area (Å²) in [6, 6.07) is 23.2. The van der Waals surface area contributed by atoms with E-state index in [1.807, 2.05) is 0 Å². The number of hydrogen-bond donors (Lipinski definition) is 0. The summed E-state index contributed by atoms with van der Waals surface area (Å²) >= 11 is -0.826. The number of halogens is 2. The Kier molecular flexibility index (Phi) is 13.4. The zero-order chi connectivity index (χ0) is 25.9. The van der Waals surface area contributed by atoms with E-state index >= 15 is 0 Å². The Hall–Kier alpha value is 0.120. The minimum atomic E-state index is -0.853. The first kappa shape index (κ1) is 33.6. The van der Waals surface area contributed by atoms with Crippen molar-refractivity contribution in [2.24, 2.45) is 35.5 Å². The van der Waals surface area contributed by atoms with E-state index in [4.69, 9.17) is 17.0 Å². The van der Waals surface area contributed by atoms with Crippen molar-refractivity contribution in [1.82, 2.24) is 0 Å². The molecule has 0 saturated heterocycles. The van der Waals surface area contributed by atoms with Crippen molar-refractivity contribution < 1.29 is 20.8 Å². The fourth-order valence-corrected chi connectivity index (χ4v) is 16.0. The molecule has 0 N–H and O–H groups in total. The van der Waals surface area contributed by atoms with Crippen LogP contribution in [-0.4, -0.2) is 8.80 Å². The van der Waals surface area contributed by atoms with E-state index in [9.17, 15) is 0 Å². The van der Waals surface area contributed by atoms with Gasteiger partial charge in [-0.05, 0) is 95.2 Å². The number of benzene rings is 2. The normalized spacial score (nSPS) is 37.5. The first-order valence-electron chi connectivity index (χ1n) is 15.1. The molecule has 2 aromatic rings. The van der Waals surface area contributed by atoms with Crippen LogP contribution in [0, 0.1) is 50.4 Å². The summed E-state index contributed by atoms with van der Waals surface area (Å²) in [6.45, 7) is 8.18. The van der Waals surface area contributed by atoms with Gasteiger partial charge in [-0.1, -0.05) is 107 Å². The van der Waals surface area contributed by atoms with E-state index < -0.39 is 29.6 Å². The molecule has 10 unspecified atom stereocenters. The second-order valence-corrected chi connectivity index (χ2v) is 20.1. The Morgan fingerprint density at radius 1 is 0.615 bits per heavy atom. The van der Waals surface area contributed by atoms with E-state index in [1.54, 1.807) is 11.1 Å². The molecule has 4 aliphatic carbocycles. The van der Waals surface area contributed by atoms with Crippen LogP contribution >= 0.6 is 17.0 Å². The third-order valence-electron chi connectivity index (χ3n) is 11.5. The van der Waals surface area contributed by atoms with Gasteiger partial charge in [0.25, 0.3) is 0 Å². The molecule has 0 radical (unpaired) electrons. The van der Waals surface area contributed by atoms with Crippen LogP contribution in [0.4, 0.5) is 0 Å². The van der Waals surface area contributed by atoms with E-state index in [0.29, 0.717) is 0 Å². The molecule has 2 aromatic carbocycles. The minimum absolute atomic E-state index is 0. The van der Waals surface area contributed by atoms with Crippen molar-refractivity contribution >= 4 is 25.8 Å². The summed E-state index contributed by atoms with van der Waals surface area (Å²) in [5.74, 6) is 7.55. The molecule has 214 valence electrons. The van der Waals surface area contributed by atoms with Crippen molar-refractivity contribution in [2.45, 2.75) is 94.7 Å². The van der Waals surface area contributed by atoms with Gasteiger partial charge in [-0.25, -0.2) is 0 Å². The van der Waals surface area contributed by atoms with Crippen LogP contribution in [-0.2, 0) is 20.8 Å². The van der Waals surface area contributed by atoms with Gasteiger partial charge in [-0.15, -0.1) is 0 Å². The first-order chi connectivity index (χ1) is 18.0. The standard InChI is InChI=1S/C33H46Si.2CH3.2ClH.Zr/c1-22-20-30-26(24-12-6-4-7-13-24)16-10-18-28(30)32(22)34(3)33-23(2)21-31-27(17-11-19-29(31)33)25-14-8-5-9-15-25;;;;;/h4-9,12-15,22-23,26-34H,10-11,16-21H2,1-3H3;2*1H3;2*1H;/q;2*-1;;;+4/p-2. The van der Waals surface area contributed by atoms with Gasteiger partial charge in [0.1, 0.15) is 0 Å². The van der Waals surface area contributed by atoms with Crippen molar-refractivity contribution in [3.05, 3.63) is 86.6 Å². The third kappa shape index (κ3) is 7.03. The van der Waals surface area contributed by atoms with Gasteiger partial charge in [0.2, 0.25) is 0 Å². The summed E-state index contributed by atoms with van der Waals surface area (Å²) < 4.78 is 0. The fraction of sp³-hybridized carbons (Fsp3) is 0.600. The van der Waals surface area contributed by atoms with Crippen LogP contribution in [0.15, 0.2) is 60.7 Å². The van der Waals surface area contributed by atoms with E-state index in [1.165, 1.54) is 51.4 Å². The summed E-state index contributed by atoms with van der Waals surface area (Å²) in [4.78, 5) is 0. The fourth-order valence-electron chi connectivity index (χ4n) is 10.6. The summed E-state index contributed by atoms with van der Waals surface area (Å²) in [5.41, 5.74) is 5.46. The van der Waals surface area contributed by atoms with Crippen molar-refractivity contribution in [3.63, 3.8) is 0 Å². The Labute approximate surface area is 261 Å². The topological polar surface area (TPSA) is 0 Å². The van der Waals surface area contributed by atoms with Crippen LogP contribution in [0.1, 0.15) is 88.2 Å². The number of hydrogen-bond acceptors (Lipinski definition) is 0. The average molecular weight is 663 g/mol. The molecule has 4 aliphatic rings. The van der Waals surface area contributed by atoms with Gasteiger partial charge in [0.05, 0.1) is 0 Å². The molecule has 0 aromatic heterocycles. The second kappa shape index (κ2) is 15.5. The van der Waals surface area contributed by atoms with Gasteiger partial charge in [0.15, 0.2) is 0 Å². The van der Waals surface area contributed by atoms with Gasteiger partial charge in [-0.3, -0.25) is 0 Å². The summed E-state index contributed by atoms with van der Waals surface area (Å²) in [7, 11) is 9.01. The van der Waals surface area contributed by atoms with Crippen molar-refractivity contribution in [3.8, 4) is 0 Å². The summed E-state index contributed by atoms with van der Waals surface area (Å²) in [5, 5.41) is 0. The molecular formula is C35H52Cl2SiZr. The number of fused-ring (bicyclic) bond motifs is 2. The number of rotatable bonds is 4. The first-order valence-corrected chi connectivity index (χ1v) is 23.9. The molecule has 0 nitrogen and oxygen atoms in total. The molecule has 10 atom stereocenters. The summed E-state index contributed by atoms with van der Waals surface area (Å²) in [6.07, 6.45) is 11.9. The molecule has 0 spiro atoms. The van der Waals surface area contributed by atoms with E-state index in [2.05, 4.69) is 81.1 Å². The van der Waals surface area contributed by atoms with Gasteiger partial charge in [-0.2, -0.15) is 0 Å². The Morgan fingerprint density at radius 3 is 1.33 bits per heavy atom. The monoisotopic (exact) mass is 660 g/mol. The molecule has 4 fully saturated rings. The van der Waals surface area contributed by atoms with Crippen molar-refractivity contribution in [2.75, 3.05) is 0 Å². The molecule has 0 heterocycles. The van der Waals surface area contributed by atoms with Gasteiger partial charge >= 0.3 is 37.9 Å². The third-order valence-corrected chi connectivity index (χ3v) is 16.2. The Morgan fingerprint density at radius 2 is 0.974 bits per heavy atom. The maximum absolute atomic E-state index is 4.93. The van der Waals surface area contributed by atoms with E-state index in [0.717, 1.165) is 58.4 Å². The van der Waals surface area contributed by atoms with Crippen LogP contribution in [0.2, 0.25) is 17.6 Å². The molecule has 4 heteroatoms. The average Bonchev–Trinajstić information content (AvgIpc) is 3.45. The molecular weight excluding hydrogens is 611 g/mol. The Bertz CT molecular complexity index is 894. The molecule has 6 rings (SSSR count). The predicted octanol–water partition coefficient (Wildman–Crippen LogP) is 11.3. The van der Waals surface area contributed by atoms with E-state index in [-0.39, 0.29) is 14.9 Å². The van der Waals surface area contributed by atoms with Crippen LogP contribution in [0.5, 0.6) is 0 Å².